The molecule has 0 atom stereocenters. The zero-order chi connectivity index (χ0) is 44.8. The van der Waals surface area contributed by atoms with Crippen molar-refractivity contribution in [3.05, 3.63) is 0 Å². The molecular formula is C45H80F9NO5. The molecule has 0 rings (SSSR count). The predicted octanol–water partition coefficient (Wildman–Crippen LogP) is 14.7. The molecule has 0 amide bonds. The maximum atomic E-state index is 12.7. The van der Waals surface area contributed by atoms with Crippen molar-refractivity contribution < 1.29 is 63.7 Å². The van der Waals surface area contributed by atoms with Crippen LogP contribution in [0, 0.1) is 0 Å². The first-order valence-electron chi connectivity index (χ1n) is 23.4. The van der Waals surface area contributed by atoms with Crippen molar-refractivity contribution in [3.8, 4) is 0 Å². The van der Waals surface area contributed by atoms with Crippen LogP contribution in [0.4, 0.5) is 39.5 Å². The molecule has 0 aromatic rings. The van der Waals surface area contributed by atoms with Crippen LogP contribution < -0.4 is 0 Å². The largest absolute Gasteiger partial charge is 0.466 e. The Morgan fingerprint density at radius 2 is 0.750 bits per heavy atom. The molecular weight excluding hydrogens is 805 g/mol. The van der Waals surface area contributed by atoms with Gasteiger partial charge in [0.05, 0.1) is 6.61 Å². The lowest BCUT2D eigenvalue weighted by Crippen LogP contribution is -2.28. The lowest BCUT2D eigenvalue weighted by molar-refractivity contribution is -0.150. The number of hydrogen-bond acceptors (Lipinski definition) is 6. The van der Waals surface area contributed by atoms with Gasteiger partial charge in [-0.2, -0.15) is 39.5 Å². The van der Waals surface area contributed by atoms with Crippen LogP contribution in [-0.4, -0.2) is 79.4 Å². The Hall–Kier alpha value is -1.77. The topological polar surface area (TPSA) is 76.1 Å². The second kappa shape index (κ2) is 37.8. The molecule has 0 saturated carbocycles. The second-order valence-corrected chi connectivity index (χ2v) is 16.6. The summed E-state index contributed by atoms with van der Waals surface area (Å²) in [6.07, 6.45) is 6.81. The maximum Gasteiger partial charge on any atom is 0.389 e. The lowest BCUT2D eigenvalue weighted by Gasteiger charge is -2.22. The van der Waals surface area contributed by atoms with Gasteiger partial charge in [-0.25, -0.2) is 0 Å². The van der Waals surface area contributed by atoms with Crippen LogP contribution in [-0.2, 0) is 19.1 Å². The van der Waals surface area contributed by atoms with E-state index >= 15 is 0 Å². The number of aliphatic hydroxyl groups excluding tert-OH is 1. The van der Waals surface area contributed by atoms with Gasteiger partial charge in [0, 0.05) is 45.3 Å². The first-order valence-corrected chi connectivity index (χ1v) is 23.4. The van der Waals surface area contributed by atoms with Crippen LogP contribution in [0.3, 0.4) is 0 Å². The minimum Gasteiger partial charge on any atom is -0.466 e. The molecule has 0 heterocycles. The molecule has 358 valence electrons. The third-order valence-electron chi connectivity index (χ3n) is 10.7. The predicted molar refractivity (Wildman–Crippen MR) is 220 cm³/mol. The number of carbonyl (C=O) groups excluding carboxylic acids is 2. The van der Waals surface area contributed by atoms with Crippen LogP contribution in [0.5, 0.6) is 0 Å². The molecule has 0 bridgehead atoms. The highest BCUT2D eigenvalue weighted by Gasteiger charge is 2.27. The Bertz CT molecular complexity index is 968. The van der Waals surface area contributed by atoms with Crippen LogP contribution >= 0.6 is 0 Å². The fraction of sp³-hybridized carbons (Fsp3) is 0.956. The van der Waals surface area contributed by atoms with Crippen LogP contribution in [0.15, 0.2) is 0 Å². The average molecular weight is 886 g/mol. The van der Waals surface area contributed by atoms with Gasteiger partial charge in [-0.15, -0.1) is 0 Å². The van der Waals surface area contributed by atoms with E-state index in [0.29, 0.717) is 77.2 Å². The number of rotatable bonds is 42. The Labute approximate surface area is 355 Å². The number of unbranched alkanes of at least 4 members (excludes halogenated alkanes) is 21. The maximum absolute atomic E-state index is 12.7. The number of esters is 2. The summed E-state index contributed by atoms with van der Waals surface area (Å²) < 4.78 is 122. The Morgan fingerprint density at radius 1 is 0.417 bits per heavy atom. The number of hydrogen-bond donors (Lipinski definition) is 1. The van der Waals surface area contributed by atoms with Gasteiger partial charge in [0.25, 0.3) is 0 Å². The Balaban J connectivity index is 4.18. The van der Waals surface area contributed by atoms with E-state index in [9.17, 15) is 54.2 Å². The molecule has 0 radical (unpaired) electrons. The highest BCUT2D eigenvalue weighted by atomic mass is 19.4. The van der Waals surface area contributed by atoms with Gasteiger partial charge in [-0.05, 0) is 96.6 Å². The Kier molecular flexibility index (Phi) is 36.6. The molecule has 0 unspecified atom stereocenters. The molecule has 0 spiro atoms. The zero-order valence-electron chi connectivity index (χ0n) is 36.6. The summed E-state index contributed by atoms with van der Waals surface area (Å²) in [6.45, 7) is 3.13. The molecule has 60 heavy (non-hydrogen) atoms. The van der Waals surface area contributed by atoms with Gasteiger partial charge < -0.3 is 19.5 Å². The van der Waals surface area contributed by atoms with Crippen molar-refractivity contribution in [1.82, 2.24) is 4.90 Å². The average Bonchev–Trinajstić information content (AvgIpc) is 3.15. The van der Waals surface area contributed by atoms with Crippen molar-refractivity contribution in [3.63, 3.8) is 0 Å². The van der Waals surface area contributed by atoms with Gasteiger partial charge in [0.15, 0.2) is 0 Å². The number of carbonyl (C=O) groups is 2. The van der Waals surface area contributed by atoms with E-state index in [0.717, 1.165) is 129 Å². The number of alkyl halides is 9. The first kappa shape index (κ1) is 58.2. The van der Waals surface area contributed by atoms with Crippen molar-refractivity contribution in [1.29, 1.82) is 0 Å². The van der Waals surface area contributed by atoms with Gasteiger partial charge in [0.1, 0.15) is 6.10 Å². The lowest BCUT2D eigenvalue weighted by atomic mass is 10.0. The fourth-order valence-electron chi connectivity index (χ4n) is 7.26. The first-order chi connectivity index (χ1) is 28.5. The molecule has 0 aromatic carbocycles. The highest BCUT2D eigenvalue weighted by molar-refractivity contribution is 5.69. The second-order valence-electron chi connectivity index (χ2n) is 16.6. The number of halogens is 9. The summed E-state index contributed by atoms with van der Waals surface area (Å²) in [6, 6.07) is 0. The van der Waals surface area contributed by atoms with E-state index in [1.54, 1.807) is 0 Å². The third-order valence-corrected chi connectivity index (χ3v) is 10.7. The fourth-order valence-corrected chi connectivity index (χ4v) is 7.26. The van der Waals surface area contributed by atoms with E-state index in [1.807, 2.05) is 0 Å². The summed E-state index contributed by atoms with van der Waals surface area (Å²) in [5, 5.41) is 9.35. The van der Waals surface area contributed by atoms with E-state index in [4.69, 9.17) is 9.47 Å². The molecule has 0 saturated heterocycles. The summed E-state index contributed by atoms with van der Waals surface area (Å²) in [4.78, 5) is 27.1. The minimum absolute atomic E-state index is 0.109. The van der Waals surface area contributed by atoms with E-state index < -0.39 is 37.8 Å². The molecule has 0 aliphatic carbocycles. The van der Waals surface area contributed by atoms with Crippen molar-refractivity contribution in [2.75, 3.05) is 32.8 Å². The molecule has 0 aromatic heterocycles. The molecule has 6 nitrogen and oxygen atoms in total. The SMILES string of the molecule is O=C(CCCCCN(CCCO)CCCCCCCC(=O)OC(CCCCCCCC(F)(F)F)CCCCCCCC(F)(F)F)OCCCCCCCCCCC(F)(F)F. The molecule has 0 fully saturated rings. The van der Waals surface area contributed by atoms with Gasteiger partial charge in [0.2, 0.25) is 0 Å². The van der Waals surface area contributed by atoms with E-state index in [1.165, 1.54) is 0 Å². The summed E-state index contributed by atoms with van der Waals surface area (Å²) in [5.74, 6) is -0.448. The molecule has 0 aliphatic rings. The van der Waals surface area contributed by atoms with E-state index in [-0.39, 0.29) is 43.9 Å². The van der Waals surface area contributed by atoms with Crippen molar-refractivity contribution in [2.24, 2.45) is 0 Å². The summed E-state index contributed by atoms with van der Waals surface area (Å²) >= 11 is 0. The smallest absolute Gasteiger partial charge is 0.389 e. The van der Waals surface area contributed by atoms with Gasteiger partial charge in [-0.3, -0.25) is 9.59 Å². The van der Waals surface area contributed by atoms with Gasteiger partial charge >= 0.3 is 30.5 Å². The highest BCUT2D eigenvalue weighted by Crippen LogP contribution is 2.26. The summed E-state index contributed by atoms with van der Waals surface area (Å²) in [7, 11) is 0. The standard InChI is InChI=1S/C45H80F9NO5/c46-43(47,48)32-21-11-3-1-2-4-15-26-39-59-41(57)30-20-16-25-36-55(37-27-38-56)35-24-14-7-10-19-31-42(58)60-40(28-17-8-5-12-22-33-44(49,50)51)29-18-9-6-13-23-34-45(52,53)54/h40,56H,1-39H2. The number of ether oxygens (including phenoxy) is 2. The molecule has 15 heteroatoms. The van der Waals surface area contributed by atoms with Crippen LogP contribution in [0.1, 0.15) is 218 Å². The quantitative estimate of drug-likeness (QED) is 0.0374. The number of nitrogens with zero attached hydrogens (tertiary/aromatic N) is 1. The third kappa shape index (κ3) is 45.7. The van der Waals surface area contributed by atoms with Crippen LogP contribution in [0.25, 0.3) is 0 Å². The van der Waals surface area contributed by atoms with Crippen molar-refractivity contribution >= 4 is 11.9 Å². The number of aliphatic hydroxyl groups is 1. The van der Waals surface area contributed by atoms with Gasteiger partial charge in [-0.1, -0.05) is 103 Å². The minimum atomic E-state index is -4.14. The molecule has 1 N–H and O–H groups in total. The zero-order valence-corrected chi connectivity index (χ0v) is 36.6. The van der Waals surface area contributed by atoms with Crippen molar-refractivity contribution in [2.45, 2.75) is 243 Å². The Morgan fingerprint density at radius 3 is 1.18 bits per heavy atom. The van der Waals surface area contributed by atoms with Crippen LogP contribution in [0.2, 0.25) is 0 Å². The normalized spacial score (nSPS) is 12.5. The molecule has 0 aliphatic heterocycles. The monoisotopic (exact) mass is 886 g/mol. The van der Waals surface area contributed by atoms with E-state index in [2.05, 4.69) is 4.90 Å². The summed E-state index contributed by atoms with van der Waals surface area (Å²) in [5.41, 5.74) is 0.